The van der Waals surface area contributed by atoms with Crippen LogP contribution in [0.1, 0.15) is 25.3 Å². The zero-order valence-electron chi connectivity index (χ0n) is 10.4. The Labute approximate surface area is 111 Å². The van der Waals surface area contributed by atoms with Crippen LogP contribution >= 0.6 is 15.9 Å². The van der Waals surface area contributed by atoms with E-state index in [9.17, 15) is 0 Å². The quantitative estimate of drug-likeness (QED) is 0.772. The number of halogens is 1. The van der Waals surface area contributed by atoms with Gasteiger partial charge in [0.25, 0.3) is 0 Å². The monoisotopic (exact) mass is 298 g/mol. The van der Waals surface area contributed by atoms with Crippen LogP contribution in [0.15, 0.2) is 24.3 Å². The maximum absolute atomic E-state index is 5.96. The molecule has 94 valence electrons. The Morgan fingerprint density at radius 3 is 2.88 bits per heavy atom. The molecule has 2 nitrogen and oxygen atoms in total. The van der Waals surface area contributed by atoms with E-state index in [1.807, 2.05) is 12.1 Å². The van der Waals surface area contributed by atoms with Gasteiger partial charge < -0.3 is 9.47 Å². The third-order valence-corrected chi connectivity index (χ3v) is 3.87. The van der Waals surface area contributed by atoms with Crippen LogP contribution in [0.25, 0.3) is 0 Å². The normalized spacial score (nSPS) is 27.6. The van der Waals surface area contributed by atoms with E-state index in [1.165, 1.54) is 5.56 Å². The molecule has 1 fully saturated rings. The van der Waals surface area contributed by atoms with Crippen molar-refractivity contribution in [2.45, 2.75) is 43.7 Å². The highest BCUT2D eigenvalue weighted by atomic mass is 79.9. The Balaban J connectivity index is 1.91. The third kappa shape index (κ3) is 3.23. The lowest BCUT2D eigenvalue weighted by atomic mass is 9.91. The molecule has 0 aliphatic heterocycles. The van der Waals surface area contributed by atoms with Crippen LogP contribution < -0.4 is 4.74 Å². The summed E-state index contributed by atoms with van der Waals surface area (Å²) in [6.07, 6.45) is 2.44. The summed E-state index contributed by atoms with van der Waals surface area (Å²) in [5.74, 6) is 0.944. The Morgan fingerprint density at radius 1 is 1.41 bits per heavy atom. The Morgan fingerprint density at radius 2 is 2.24 bits per heavy atom. The minimum Gasteiger partial charge on any atom is -0.488 e. The van der Waals surface area contributed by atoms with Crippen LogP contribution in [0, 0.1) is 6.92 Å². The molecule has 0 radical (unpaired) electrons. The fraction of sp³-hybridized carbons (Fsp3) is 0.571. The van der Waals surface area contributed by atoms with E-state index < -0.39 is 0 Å². The highest BCUT2D eigenvalue weighted by Crippen LogP contribution is 2.34. The topological polar surface area (TPSA) is 18.5 Å². The summed E-state index contributed by atoms with van der Waals surface area (Å²) in [5, 5.41) is 0. The van der Waals surface area contributed by atoms with Crippen LogP contribution in [-0.2, 0) is 4.74 Å². The van der Waals surface area contributed by atoms with Gasteiger partial charge in [-0.25, -0.2) is 0 Å². The molecule has 2 rings (SSSR count). The lowest BCUT2D eigenvalue weighted by molar-refractivity contribution is -0.0762. The van der Waals surface area contributed by atoms with Gasteiger partial charge in [0.15, 0.2) is 0 Å². The number of rotatable bonds is 5. The number of benzene rings is 1. The first-order chi connectivity index (χ1) is 8.20. The molecule has 1 saturated carbocycles. The summed E-state index contributed by atoms with van der Waals surface area (Å²) in [6.45, 7) is 5.00. The summed E-state index contributed by atoms with van der Waals surface area (Å²) in [5.41, 5.74) is 1.23. The lowest BCUT2D eigenvalue weighted by Crippen LogP contribution is -2.52. The molecule has 3 unspecified atom stereocenters. The van der Waals surface area contributed by atoms with Gasteiger partial charge in [-0.15, -0.1) is 0 Å². The van der Waals surface area contributed by atoms with Crippen LogP contribution in [0.4, 0.5) is 0 Å². The molecule has 1 aliphatic rings. The number of hydrogen-bond donors (Lipinski definition) is 0. The molecule has 0 aromatic heterocycles. The lowest BCUT2D eigenvalue weighted by Gasteiger charge is -2.40. The molecule has 3 atom stereocenters. The van der Waals surface area contributed by atoms with Crippen molar-refractivity contribution >= 4 is 15.9 Å². The van der Waals surface area contributed by atoms with Crippen molar-refractivity contribution in [2.75, 3.05) is 6.61 Å². The van der Waals surface area contributed by atoms with Crippen molar-refractivity contribution in [1.82, 2.24) is 0 Å². The number of ether oxygens (including phenoxy) is 2. The number of alkyl halides is 1. The Bertz CT molecular complexity index is 367. The molecule has 0 spiro atoms. The van der Waals surface area contributed by atoms with Crippen molar-refractivity contribution in [3.05, 3.63) is 29.8 Å². The molecule has 3 heteroatoms. The second kappa shape index (κ2) is 5.87. The van der Waals surface area contributed by atoms with Gasteiger partial charge in [0, 0.05) is 17.9 Å². The summed E-state index contributed by atoms with van der Waals surface area (Å²) in [6, 6.07) is 8.17. The molecular weight excluding hydrogens is 280 g/mol. The van der Waals surface area contributed by atoms with E-state index in [0.717, 1.165) is 25.2 Å². The van der Waals surface area contributed by atoms with E-state index in [-0.39, 0.29) is 12.2 Å². The highest BCUT2D eigenvalue weighted by molar-refractivity contribution is 9.09. The molecule has 1 aromatic rings. The van der Waals surface area contributed by atoms with Crippen molar-refractivity contribution in [3.8, 4) is 5.75 Å². The van der Waals surface area contributed by atoms with Gasteiger partial charge in [-0.1, -0.05) is 35.0 Å². The summed E-state index contributed by atoms with van der Waals surface area (Å²) in [7, 11) is 0. The number of hydrogen-bond acceptors (Lipinski definition) is 2. The first-order valence-corrected chi connectivity index (χ1v) is 7.11. The maximum Gasteiger partial charge on any atom is 0.127 e. The molecule has 0 N–H and O–H groups in total. The van der Waals surface area contributed by atoms with Gasteiger partial charge in [-0.3, -0.25) is 0 Å². The van der Waals surface area contributed by atoms with Crippen molar-refractivity contribution in [2.24, 2.45) is 0 Å². The molecule has 17 heavy (non-hydrogen) atoms. The van der Waals surface area contributed by atoms with Crippen LogP contribution in [0.3, 0.4) is 0 Å². The molecule has 0 heterocycles. The Kier molecular flexibility index (Phi) is 4.46. The zero-order valence-corrected chi connectivity index (χ0v) is 11.9. The van der Waals surface area contributed by atoms with E-state index in [1.54, 1.807) is 0 Å². The SMILES string of the molecule is CCCOC1C(Br)CC1Oc1cccc(C)c1. The van der Waals surface area contributed by atoms with Gasteiger partial charge in [-0.2, -0.15) is 0 Å². The molecule has 0 amide bonds. The average Bonchev–Trinajstić information content (AvgIpc) is 2.29. The van der Waals surface area contributed by atoms with Gasteiger partial charge in [0.05, 0.1) is 0 Å². The fourth-order valence-corrected chi connectivity index (χ4v) is 2.83. The standard InChI is InChI=1S/C14H19BrO2/c1-3-7-16-14-12(15)9-13(14)17-11-6-4-5-10(2)8-11/h4-6,8,12-14H,3,7,9H2,1-2H3. The van der Waals surface area contributed by atoms with E-state index >= 15 is 0 Å². The van der Waals surface area contributed by atoms with Crippen molar-refractivity contribution in [1.29, 1.82) is 0 Å². The molecule has 1 aliphatic carbocycles. The predicted molar refractivity (Wildman–Crippen MR) is 73.0 cm³/mol. The minimum atomic E-state index is 0.188. The van der Waals surface area contributed by atoms with Gasteiger partial charge in [-0.05, 0) is 31.0 Å². The number of aryl methyl sites for hydroxylation is 1. The van der Waals surface area contributed by atoms with Crippen molar-refractivity contribution < 1.29 is 9.47 Å². The molecule has 1 aromatic carbocycles. The van der Waals surface area contributed by atoms with Crippen molar-refractivity contribution in [3.63, 3.8) is 0 Å². The first kappa shape index (κ1) is 12.9. The second-order valence-electron chi connectivity index (χ2n) is 4.56. The van der Waals surface area contributed by atoms with Gasteiger partial charge in [0.1, 0.15) is 18.0 Å². The molecular formula is C14H19BrO2. The van der Waals surface area contributed by atoms with E-state index in [0.29, 0.717) is 4.83 Å². The second-order valence-corrected chi connectivity index (χ2v) is 5.74. The Hall–Kier alpha value is -0.540. The molecule has 0 bridgehead atoms. The van der Waals surface area contributed by atoms with Gasteiger partial charge >= 0.3 is 0 Å². The summed E-state index contributed by atoms with van der Waals surface area (Å²) < 4.78 is 11.7. The molecule has 0 saturated heterocycles. The zero-order chi connectivity index (χ0) is 12.3. The van der Waals surface area contributed by atoms with E-state index in [4.69, 9.17) is 9.47 Å². The highest BCUT2D eigenvalue weighted by Gasteiger charge is 2.42. The average molecular weight is 299 g/mol. The maximum atomic E-state index is 5.96. The minimum absolute atomic E-state index is 0.188. The van der Waals surface area contributed by atoms with Crippen LogP contribution in [-0.4, -0.2) is 23.6 Å². The first-order valence-electron chi connectivity index (χ1n) is 6.19. The fourth-order valence-electron chi connectivity index (χ4n) is 1.97. The van der Waals surface area contributed by atoms with Crippen LogP contribution in [0.2, 0.25) is 0 Å². The van der Waals surface area contributed by atoms with E-state index in [2.05, 4.69) is 41.9 Å². The third-order valence-electron chi connectivity index (χ3n) is 2.97. The smallest absolute Gasteiger partial charge is 0.127 e. The largest absolute Gasteiger partial charge is 0.488 e. The summed E-state index contributed by atoms with van der Waals surface area (Å²) >= 11 is 3.62. The summed E-state index contributed by atoms with van der Waals surface area (Å²) in [4.78, 5) is 0.434. The van der Waals surface area contributed by atoms with Gasteiger partial charge in [0.2, 0.25) is 0 Å². The van der Waals surface area contributed by atoms with Crippen LogP contribution in [0.5, 0.6) is 5.75 Å². The predicted octanol–water partition coefficient (Wildman–Crippen LogP) is 3.70.